The Morgan fingerprint density at radius 2 is 2.11 bits per heavy atom. The highest BCUT2D eigenvalue weighted by atomic mass is 16.5. The molecule has 18 heavy (non-hydrogen) atoms. The highest BCUT2D eigenvalue weighted by Gasteiger charge is 2.11. The molecule has 0 unspecified atom stereocenters. The van der Waals surface area contributed by atoms with E-state index in [0.29, 0.717) is 18.1 Å². The summed E-state index contributed by atoms with van der Waals surface area (Å²) in [5.41, 5.74) is 1.49. The Balaban J connectivity index is 2.12. The van der Waals surface area contributed by atoms with Crippen LogP contribution >= 0.6 is 0 Å². The first-order valence-corrected chi connectivity index (χ1v) is 5.62. The molecule has 1 aromatic carbocycles. The van der Waals surface area contributed by atoms with E-state index in [2.05, 4.69) is 0 Å². The van der Waals surface area contributed by atoms with E-state index in [4.69, 9.17) is 9.47 Å². The van der Waals surface area contributed by atoms with Crippen LogP contribution in [0, 0.1) is 0 Å². The number of hydrogen-bond acceptors (Lipinski definition) is 3. The lowest BCUT2D eigenvalue weighted by molar-refractivity contribution is 0.0724. The molecule has 4 nitrogen and oxygen atoms in total. The summed E-state index contributed by atoms with van der Waals surface area (Å²) in [7, 11) is 3.43. The van der Waals surface area contributed by atoms with Crippen LogP contribution in [0.1, 0.15) is 16.1 Å². The zero-order valence-electron chi connectivity index (χ0n) is 10.4. The van der Waals surface area contributed by atoms with Crippen molar-refractivity contribution in [3.63, 3.8) is 0 Å². The van der Waals surface area contributed by atoms with Crippen molar-refractivity contribution in [2.24, 2.45) is 7.05 Å². The second-order valence-electron chi connectivity index (χ2n) is 3.97. The van der Waals surface area contributed by atoms with Crippen molar-refractivity contribution in [1.29, 1.82) is 0 Å². The Morgan fingerprint density at radius 3 is 2.78 bits per heavy atom. The van der Waals surface area contributed by atoms with Gasteiger partial charge >= 0.3 is 5.97 Å². The minimum atomic E-state index is -0.364. The summed E-state index contributed by atoms with van der Waals surface area (Å²) in [6, 6.07) is 10.8. The minimum Gasteiger partial charge on any atom is -0.422 e. The van der Waals surface area contributed by atoms with Gasteiger partial charge in [-0.1, -0.05) is 12.1 Å². The largest absolute Gasteiger partial charge is 0.422 e. The lowest BCUT2D eigenvalue weighted by atomic mass is 10.2. The van der Waals surface area contributed by atoms with Crippen LogP contribution < -0.4 is 4.74 Å². The van der Waals surface area contributed by atoms with Crippen LogP contribution in [-0.4, -0.2) is 17.6 Å². The highest BCUT2D eigenvalue weighted by molar-refractivity contribution is 5.89. The summed E-state index contributed by atoms with van der Waals surface area (Å²) in [6.45, 7) is 0.496. The number of aromatic nitrogens is 1. The van der Waals surface area contributed by atoms with Crippen LogP contribution in [0.5, 0.6) is 5.75 Å². The van der Waals surface area contributed by atoms with E-state index < -0.39 is 0 Å². The maximum atomic E-state index is 11.9. The van der Waals surface area contributed by atoms with Gasteiger partial charge in [0.1, 0.15) is 11.4 Å². The number of carbonyl (C=O) groups is 1. The second-order valence-corrected chi connectivity index (χ2v) is 3.97. The first kappa shape index (κ1) is 12.4. The average molecular weight is 245 g/mol. The molecule has 4 heteroatoms. The van der Waals surface area contributed by atoms with E-state index in [1.54, 1.807) is 49.2 Å². The fourth-order valence-corrected chi connectivity index (χ4v) is 1.70. The predicted octanol–water partition coefficient (Wildman–Crippen LogP) is 2.39. The maximum absolute atomic E-state index is 11.9. The maximum Gasteiger partial charge on any atom is 0.360 e. The van der Waals surface area contributed by atoms with Gasteiger partial charge in [-0.15, -0.1) is 0 Å². The molecule has 0 amide bonds. The van der Waals surface area contributed by atoms with E-state index in [9.17, 15) is 4.79 Å². The van der Waals surface area contributed by atoms with Crippen molar-refractivity contribution >= 4 is 5.97 Å². The number of ether oxygens (including phenoxy) is 2. The smallest absolute Gasteiger partial charge is 0.360 e. The standard InChI is InChI=1S/C14H15NO3/c1-15-8-4-7-13(15)14(16)18-12-6-3-5-11(9-12)10-17-2/h3-9H,10H2,1-2H3. The first-order chi connectivity index (χ1) is 8.70. The number of benzene rings is 1. The van der Waals surface area contributed by atoms with Gasteiger partial charge in [-0.2, -0.15) is 0 Å². The molecule has 0 spiro atoms. The Kier molecular flexibility index (Phi) is 3.79. The lowest BCUT2D eigenvalue weighted by Crippen LogP contribution is -2.12. The summed E-state index contributed by atoms with van der Waals surface area (Å²) in [5.74, 6) is 0.160. The molecule has 0 aliphatic heterocycles. The molecule has 0 atom stereocenters. The molecule has 0 radical (unpaired) electrons. The molecule has 2 rings (SSSR count). The molecule has 0 N–H and O–H groups in total. The van der Waals surface area contributed by atoms with Gasteiger partial charge in [0.25, 0.3) is 0 Å². The Hall–Kier alpha value is -2.07. The molecule has 0 bridgehead atoms. The Morgan fingerprint density at radius 1 is 1.28 bits per heavy atom. The van der Waals surface area contributed by atoms with Crippen LogP contribution in [0.15, 0.2) is 42.6 Å². The van der Waals surface area contributed by atoms with Crippen molar-refractivity contribution in [2.45, 2.75) is 6.61 Å². The van der Waals surface area contributed by atoms with Crippen LogP contribution in [0.3, 0.4) is 0 Å². The second kappa shape index (κ2) is 5.51. The number of hydrogen-bond donors (Lipinski definition) is 0. The fourth-order valence-electron chi connectivity index (χ4n) is 1.70. The van der Waals surface area contributed by atoms with Crippen LogP contribution in [-0.2, 0) is 18.4 Å². The van der Waals surface area contributed by atoms with E-state index in [1.807, 2.05) is 12.1 Å². The van der Waals surface area contributed by atoms with Gasteiger partial charge in [-0.05, 0) is 29.8 Å². The first-order valence-electron chi connectivity index (χ1n) is 5.62. The summed E-state index contributed by atoms with van der Waals surface area (Å²) < 4.78 is 12.1. The lowest BCUT2D eigenvalue weighted by Gasteiger charge is -2.06. The number of nitrogens with zero attached hydrogens (tertiary/aromatic N) is 1. The topological polar surface area (TPSA) is 40.5 Å². The van der Waals surface area contributed by atoms with E-state index in [-0.39, 0.29) is 5.97 Å². The van der Waals surface area contributed by atoms with Crippen LogP contribution in [0.4, 0.5) is 0 Å². The molecule has 0 aliphatic rings. The van der Waals surface area contributed by atoms with Crippen molar-refractivity contribution in [1.82, 2.24) is 4.57 Å². The summed E-state index contributed by atoms with van der Waals surface area (Å²) in [6.07, 6.45) is 1.80. The fraction of sp³-hybridized carbons (Fsp3) is 0.214. The van der Waals surface area contributed by atoms with Gasteiger partial charge in [0, 0.05) is 20.4 Å². The zero-order chi connectivity index (χ0) is 13.0. The summed E-state index contributed by atoms with van der Waals surface area (Å²) in [4.78, 5) is 11.9. The van der Waals surface area contributed by atoms with Crippen LogP contribution in [0.25, 0.3) is 0 Å². The molecule has 0 aliphatic carbocycles. The zero-order valence-corrected chi connectivity index (χ0v) is 10.4. The van der Waals surface area contributed by atoms with Gasteiger partial charge in [0.15, 0.2) is 0 Å². The molecule has 0 fully saturated rings. The minimum absolute atomic E-state index is 0.364. The van der Waals surface area contributed by atoms with E-state index in [1.165, 1.54) is 0 Å². The summed E-state index contributed by atoms with van der Waals surface area (Å²) >= 11 is 0. The molecular formula is C14H15NO3. The number of aryl methyl sites for hydroxylation is 1. The average Bonchev–Trinajstić information content (AvgIpc) is 2.76. The monoisotopic (exact) mass is 245 g/mol. The van der Waals surface area contributed by atoms with Crippen molar-refractivity contribution < 1.29 is 14.3 Å². The molecule has 1 heterocycles. The molecular weight excluding hydrogens is 230 g/mol. The van der Waals surface area contributed by atoms with Gasteiger partial charge in [-0.3, -0.25) is 0 Å². The normalized spacial score (nSPS) is 10.3. The third-order valence-corrected chi connectivity index (χ3v) is 2.57. The Labute approximate surface area is 106 Å². The molecule has 1 aromatic heterocycles. The number of carbonyl (C=O) groups excluding carboxylic acids is 1. The number of methoxy groups -OCH3 is 1. The van der Waals surface area contributed by atoms with Crippen molar-refractivity contribution in [3.8, 4) is 5.75 Å². The number of rotatable bonds is 4. The van der Waals surface area contributed by atoms with Gasteiger partial charge in [0.2, 0.25) is 0 Å². The molecule has 2 aromatic rings. The molecule has 94 valence electrons. The quantitative estimate of drug-likeness (QED) is 0.613. The Bertz CT molecular complexity index is 545. The van der Waals surface area contributed by atoms with Crippen molar-refractivity contribution in [2.75, 3.05) is 7.11 Å². The van der Waals surface area contributed by atoms with Gasteiger partial charge in [0.05, 0.1) is 6.61 Å². The SMILES string of the molecule is COCc1cccc(OC(=O)c2cccn2C)c1. The predicted molar refractivity (Wildman–Crippen MR) is 67.5 cm³/mol. The van der Waals surface area contributed by atoms with E-state index >= 15 is 0 Å². The highest BCUT2D eigenvalue weighted by Crippen LogP contribution is 2.15. The van der Waals surface area contributed by atoms with E-state index in [0.717, 1.165) is 5.56 Å². The van der Waals surface area contributed by atoms with Gasteiger partial charge < -0.3 is 14.0 Å². The third kappa shape index (κ3) is 2.78. The van der Waals surface area contributed by atoms with Crippen molar-refractivity contribution in [3.05, 3.63) is 53.9 Å². The molecule has 0 saturated carbocycles. The summed E-state index contributed by atoms with van der Waals surface area (Å²) in [5, 5.41) is 0. The molecule has 0 saturated heterocycles. The van der Waals surface area contributed by atoms with Gasteiger partial charge in [-0.25, -0.2) is 4.79 Å². The van der Waals surface area contributed by atoms with Crippen LogP contribution in [0.2, 0.25) is 0 Å². The number of esters is 1. The third-order valence-electron chi connectivity index (χ3n) is 2.57.